The summed E-state index contributed by atoms with van der Waals surface area (Å²) in [4.78, 5) is 28.0. The van der Waals surface area contributed by atoms with Crippen molar-refractivity contribution in [3.63, 3.8) is 0 Å². The van der Waals surface area contributed by atoms with E-state index in [-0.39, 0.29) is 12.3 Å². The van der Waals surface area contributed by atoms with Crippen molar-refractivity contribution < 1.29 is 14.3 Å². The van der Waals surface area contributed by atoms with E-state index in [0.29, 0.717) is 10.0 Å². The number of ether oxygens (including phenoxy) is 1. The van der Waals surface area contributed by atoms with Gasteiger partial charge in [-0.1, -0.05) is 53.8 Å². The monoisotopic (exact) mass is 326 g/mol. The van der Waals surface area contributed by atoms with E-state index in [0.717, 1.165) is 27.7 Å². The smallest absolute Gasteiger partial charge is 0.349 e. The number of carbonyl (C=O) groups excluding carboxylic acids is 2. The fraction of sp³-hybridized carbons (Fsp3) is 0.118. The number of esters is 1. The fourth-order valence-electron chi connectivity index (χ4n) is 2.31. The molecule has 0 spiro atoms. The van der Waals surface area contributed by atoms with E-state index in [1.807, 2.05) is 42.5 Å². The molecular formula is C17H14N2O3S. The van der Waals surface area contributed by atoms with E-state index >= 15 is 0 Å². The Morgan fingerprint density at radius 3 is 2.78 bits per heavy atom. The average molecular weight is 326 g/mol. The fourth-order valence-corrected chi connectivity index (χ4v) is 3.06. The van der Waals surface area contributed by atoms with Crippen LogP contribution in [0.15, 0.2) is 48.7 Å². The van der Waals surface area contributed by atoms with Crippen molar-refractivity contribution in [1.82, 2.24) is 4.98 Å². The third-order valence-corrected chi connectivity index (χ3v) is 4.26. The van der Waals surface area contributed by atoms with Gasteiger partial charge in [0, 0.05) is 0 Å². The van der Waals surface area contributed by atoms with Gasteiger partial charge in [-0.15, -0.1) is 0 Å². The quantitative estimate of drug-likeness (QED) is 0.747. The molecule has 0 bridgehead atoms. The molecule has 0 saturated heterocycles. The summed E-state index contributed by atoms with van der Waals surface area (Å²) in [5.74, 6) is -0.635. The van der Waals surface area contributed by atoms with Crippen LogP contribution in [0.1, 0.15) is 15.2 Å². The predicted molar refractivity (Wildman–Crippen MR) is 89.7 cm³/mol. The SMILES string of the molecule is COC(=O)c1cnc(NC(=O)Cc2cccc3ccccc23)s1. The molecule has 2 aromatic carbocycles. The number of rotatable bonds is 4. The molecule has 0 radical (unpaired) electrons. The number of hydrogen-bond donors (Lipinski definition) is 1. The molecule has 0 aliphatic carbocycles. The number of thiazole rings is 1. The molecule has 6 heteroatoms. The Hall–Kier alpha value is -2.73. The highest BCUT2D eigenvalue weighted by atomic mass is 32.1. The number of amides is 1. The zero-order valence-corrected chi connectivity index (χ0v) is 13.2. The van der Waals surface area contributed by atoms with Crippen LogP contribution < -0.4 is 5.32 Å². The summed E-state index contributed by atoms with van der Waals surface area (Å²) < 4.78 is 4.62. The highest BCUT2D eigenvalue weighted by molar-refractivity contribution is 7.17. The van der Waals surface area contributed by atoms with Crippen LogP contribution in [0.5, 0.6) is 0 Å². The Balaban J connectivity index is 1.74. The van der Waals surface area contributed by atoms with E-state index in [4.69, 9.17) is 0 Å². The molecule has 23 heavy (non-hydrogen) atoms. The maximum absolute atomic E-state index is 12.2. The minimum Gasteiger partial charge on any atom is -0.465 e. The van der Waals surface area contributed by atoms with Crippen LogP contribution in [0.3, 0.4) is 0 Å². The van der Waals surface area contributed by atoms with E-state index in [9.17, 15) is 9.59 Å². The predicted octanol–water partition coefficient (Wildman–Crippen LogP) is 3.26. The first-order valence-corrected chi connectivity index (χ1v) is 7.79. The topological polar surface area (TPSA) is 68.3 Å². The minimum absolute atomic E-state index is 0.174. The standard InChI is InChI=1S/C17H14N2O3S/c1-22-16(21)14-10-18-17(23-14)19-15(20)9-12-7-4-6-11-5-2-3-8-13(11)12/h2-8,10H,9H2,1H3,(H,18,19,20). The summed E-state index contributed by atoms with van der Waals surface area (Å²) in [6, 6.07) is 13.8. The van der Waals surface area contributed by atoms with E-state index in [1.54, 1.807) is 0 Å². The van der Waals surface area contributed by atoms with Crippen molar-refractivity contribution >= 4 is 39.1 Å². The van der Waals surface area contributed by atoms with Crippen molar-refractivity contribution in [2.75, 3.05) is 12.4 Å². The van der Waals surface area contributed by atoms with Crippen molar-refractivity contribution in [1.29, 1.82) is 0 Å². The van der Waals surface area contributed by atoms with Crippen LogP contribution in [-0.4, -0.2) is 24.0 Å². The highest BCUT2D eigenvalue weighted by Gasteiger charge is 2.13. The van der Waals surface area contributed by atoms with Gasteiger partial charge in [-0.05, 0) is 16.3 Å². The van der Waals surface area contributed by atoms with Gasteiger partial charge < -0.3 is 10.1 Å². The molecule has 0 atom stereocenters. The van der Waals surface area contributed by atoms with E-state index < -0.39 is 5.97 Å². The summed E-state index contributed by atoms with van der Waals surface area (Å²) in [5.41, 5.74) is 0.949. The molecule has 5 nitrogen and oxygen atoms in total. The highest BCUT2D eigenvalue weighted by Crippen LogP contribution is 2.21. The summed E-state index contributed by atoms with van der Waals surface area (Å²) in [7, 11) is 1.31. The van der Waals surface area contributed by atoms with Gasteiger partial charge in [0.15, 0.2) is 5.13 Å². The number of carbonyl (C=O) groups is 2. The molecule has 3 aromatic rings. The van der Waals surface area contributed by atoms with Gasteiger partial charge in [0.2, 0.25) is 5.91 Å². The molecular weight excluding hydrogens is 312 g/mol. The van der Waals surface area contributed by atoms with Gasteiger partial charge in [0.1, 0.15) is 4.88 Å². The van der Waals surface area contributed by atoms with Crippen LogP contribution in [0.2, 0.25) is 0 Å². The molecule has 1 heterocycles. The normalized spacial score (nSPS) is 10.5. The average Bonchev–Trinajstić information content (AvgIpc) is 3.03. The summed E-state index contributed by atoms with van der Waals surface area (Å²) in [6.07, 6.45) is 1.64. The van der Waals surface area contributed by atoms with E-state index in [2.05, 4.69) is 15.0 Å². The largest absolute Gasteiger partial charge is 0.465 e. The molecule has 1 aromatic heterocycles. The van der Waals surface area contributed by atoms with Crippen LogP contribution in [-0.2, 0) is 16.0 Å². The van der Waals surface area contributed by atoms with Gasteiger partial charge in [0.25, 0.3) is 0 Å². The molecule has 0 unspecified atom stereocenters. The maximum atomic E-state index is 12.2. The second kappa shape index (κ2) is 6.58. The number of hydrogen-bond acceptors (Lipinski definition) is 5. The van der Waals surface area contributed by atoms with Crippen molar-refractivity contribution in [2.45, 2.75) is 6.42 Å². The first kappa shape index (κ1) is 15.2. The van der Waals surface area contributed by atoms with Gasteiger partial charge in [-0.2, -0.15) is 0 Å². The van der Waals surface area contributed by atoms with Crippen LogP contribution in [0, 0.1) is 0 Å². The van der Waals surface area contributed by atoms with Gasteiger partial charge in [0.05, 0.1) is 19.7 Å². The number of nitrogens with zero attached hydrogens (tertiary/aromatic N) is 1. The molecule has 3 rings (SSSR count). The molecule has 0 saturated carbocycles. The lowest BCUT2D eigenvalue weighted by molar-refractivity contribution is -0.115. The van der Waals surface area contributed by atoms with Crippen molar-refractivity contribution in [3.8, 4) is 0 Å². The molecule has 116 valence electrons. The molecule has 0 aliphatic rings. The number of methoxy groups -OCH3 is 1. The van der Waals surface area contributed by atoms with Crippen LogP contribution in [0.25, 0.3) is 10.8 Å². The van der Waals surface area contributed by atoms with Crippen molar-refractivity contribution in [2.24, 2.45) is 0 Å². The lowest BCUT2D eigenvalue weighted by atomic mass is 10.0. The number of benzene rings is 2. The Morgan fingerprint density at radius 1 is 1.17 bits per heavy atom. The molecule has 0 fully saturated rings. The summed E-state index contributed by atoms with van der Waals surface area (Å²) >= 11 is 1.09. The number of anilines is 1. The Bertz CT molecular complexity index is 868. The number of nitrogens with one attached hydrogen (secondary N) is 1. The summed E-state index contributed by atoms with van der Waals surface area (Å²) in [5, 5.41) is 5.25. The van der Waals surface area contributed by atoms with Crippen LogP contribution >= 0.6 is 11.3 Å². The second-order valence-electron chi connectivity index (χ2n) is 4.88. The van der Waals surface area contributed by atoms with E-state index in [1.165, 1.54) is 13.3 Å². The zero-order valence-electron chi connectivity index (χ0n) is 12.4. The first-order valence-electron chi connectivity index (χ1n) is 6.98. The lowest BCUT2D eigenvalue weighted by Crippen LogP contribution is -2.14. The van der Waals surface area contributed by atoms with Crippen LogP contribution in [0.4, 0.5) is 5.13 Å². The van der Waals surface area contributed by atoms with Gasteiger partial charge in [-0.3, -0.25) is 4.79 Å². The Morgan fingerprint density at radius 2 is 1.96 bits per heavy atom. The minimum atomic E-state index is -0.461. The Kier molecular flexibility index (Phi) is 4.34. The zero-order chi connectivity index (χ0) is 16.2. The maximum Gasteiger partial charge on any atom is 0.349 e. The molecule has 1 N–H and O–H groups in total. The lowest BCUT2D eigenvalue weighted by Gasteiger charge is -2.06. The molecule has 0 aliphatic heterocycles. The van der Waals surface area contributed by atoms with Gasteiger partial charge >= 0.3 is 5.97 Å². The van der Waals surface area contributed by atoms with Gasteiger partial charge in [-0.25, -0.2) is 9.78 Å². The third-order valence-electron chi connectivity index (χ3n) is 3.37. The first-order chi connectivity index (χ1) is 11.2. The Labute approximate surface area is 136 Å². The third kappa shape index (κ3) is 3.37. The number of aromatic nitrogens is 1. The summed E-state index contributed by atoms with van der Waals surface area (Å²) in [6.45, 7) is 0. The van der Waals surface area contributed by atoms with Crippen molar-refractivity contribution in [3.05, 3.63) is 59.1 Å². The molecule has 1 amide bonds. The second-order valence-corrected chi connectivity index (χ2v) is 5.92. The number of fused-ring (bicyclic) bond motifs is 1.